The molecule has 22 heavy (non-hydrogen) atoms. The number of Topliss-reactive ketones (excluding diaryl/α,β-unsaturated/α-hetero) is 1. The molecule has 1 aromatic carbocycles. The van der Waals surface area contributed by atoms with E-state index in [-0.39, 0.29) is 17.2 Å². The smallest absolute Gasteiger partial charge is 0.165 e. The topological polar surface area (TPSA) is 42.0 Å². The van der Waals surface area contributed by atoms with Crippen molar-refractivity contribution in [3.05, 3.63) is 59.3 Å². The van der Waals surface area contributed by atoms with Crippen LogP contribution in [0.4, 0.5) is 5.82 Å². The van der Waals surface area contributed by atoms with Gasteiger partial charge in [0.05, 0.1) is 5.69 Å². The van der Waals surface area contributed by atoms with Crippen LogP contribution < -0.4 is 5.32 Å². The minimum absolute atomic E-state index is 0.000747. The highest BCUT2D eigenvalue weighted by molar-refractivity contribution is 5.98. The Morgan fingerprint density at radius 1 is 1.09 bits per heavy atom. The van der Waals surface area contributed by atoms with E-state index < -0.39 is 0 Å². The van der Waals surface area contributed by atoms with Gasteiger partial charge < -0.3 is 5.32 Å². The van der Waals surface area contributed by atoms with Crippen molar-refractivity contribution in [1.82, 2.24) is 4.98 Å². The molecule has 3 heteroatoms. The molecule has 1 aliphatic rings. The van der Waals surface area contributed by atoms with Crippen molar-refractivity contribution < 1.29 is 4.79 Å². The highest BCUT2D eigenvalue weighted by Crippen LogP contribution is 2.34. The quantitative estimate of drug-likeness (QED) is 0.911. The minimum Gasteiger partial charge on any atom is -0.364 e. The van der Waals surface area contributed by atoms with Gasteiger partial charge >= 0.3 is 0 Å². The molecule has 114 valence electrons. The van der Waals surface area contributed by atoms with Gasteiger partial charge in [-0.15, -0.1) is 0 Å². The third kappa shape index (κ3) is 3.03. The largest absolute Gasteiger partial charge is 0.364 e. The lowest BCUT2D eigenvalue weighted by Crippen LogP contribution is -2.28. The summed E-state index contributed by atoms with van der Waals surface area (Å²) in [5.74, 6) is 1.04. The summed E-state index contributed by atoms with van der Waals surface area (Å²) < 4.78 is 0. The Kier molecular flexibility index (Phi) is 3.73. The van der Waals surface area contributed by atoms with E-state index >= 15 is 0 Å². The van der Waals surface area contributed by atoms with Gasteiger partial charge in [0, 0.05) is 18.0 Å². The Morgan fingerprint density at radius 3 is 2.55 bits per heavy atom. The summed E-state index contributed by atoms with van der Waals surface area (Å²) >= 11 is 0. The Hall–Kier alpha value is -2.16. The number of aromatic nitrogens is 1. The summed E-state index contributed by atoms with van der Waals surface area (Å²) in [6.07, 6.45) is 1.46. The van der Waals surface area contributed by atoms with E-state index in [4.69, 9.17) is 4.98 Å². The van der Waals surface area contributed by atoms with Crippen LogP contribution >= 0.6 is 0 Å². The molecule has 1 aliphatic carbocycles. The van der Waals surface area contributed by atoms with Crippen LogP contribution in [0.3, 0.4) is 0 Å². The molecule has 2 aromatic rings. The lowest BCUT2D eigenvalue weighted by Gasteiger charge is -2.29. The molecule has 0 radical (unpaired) electrons. The minimum atomic E-state index is 0.000747. The number of anilines is 1. The number of nitrogens with one attached hydrogen (secondary N) is 1. The van der Waals surface area contributed by atoms with Crippen molar-refractivity contribution in [2.24, 2.45) is 5.41 Å². The number of nitrogens with zero attached hydrogens (tertiary/aromatic N) is 1. The molecule has 0 fully saturated rings. The number of rotatable bonds is 3. The molecular weight excluding hydrogens is 272 g/mol. The zero-order valence-electron chi connectivity index (χ0n) is 13.4. The van der Waals surface area contributed by atoms with Gasteiger partial charge in [0.15, 0.2) is 5.78 Å². The van der Waals surface area contributed by atoms with Gasteiger partial charge in [-0.05, 0) is 36.5 Å². The first kappa shape index (κ1) is 14.8. The summed E-state index contributed by atoms with van der Waals surface area (Å²) in [6.45, 7) is 6.37. The molecule has 3 rings (SSSR count). The molecule has 0 aliphatic heterocycles. The average molecular weight is 294 g/mol. The maximum atomic E-state index is 12.2. The van der Waals surface area contributed by atoms with Gasteiger partial charge in [0.25, 0.3) is 0 Å². The van der Waals surface area contributed by atoms with Crippen LogP contribution in [0.1, 0.15) is 54.8 Å². The normalized spacial score (nSPS) is 17.7. The zero-order valence-corrected chi connectivity index (χ0v) is 13.4. The molecule has 0 amide bonds. The monoisotopic (exact) mass is 294 g/mol. The molecule has 1 atom stereocenters. The van der Waals surface area contributed by atoms with E-state index in [2.05, 4.69) is 38.2 Å². The number of hydrogen-bond acceptors (Lipinski definition) is 3. The van der Waals surface area contributed by atoms with Crippen molar-refractivity contribution >= 4 is 11.6 Å². The summed E-state index contributed by atoms with van der Waals surface area (Å²) in [5, 5.41) is 3.43. The summed E-state index contributed by atoms with van der Waals surface area (Å²) in [4.78, 5) is 16.9. The van der Waals surface area contributed by atoms with Crippen molar-refractivity contribution in [2.45, 2.75) is 39.7 Å². The fraction of sp³-hybridized carbons (Fsp3) is 0.368. The fourth-order valence-corrected chi connectivity index (χ4v) is 3.06. The third-order valence-electron chi connectivity index (χ3n) is 4.22. The van der Waals surface area contributed by atoms with Crippen molar-refractivity contribution in [1.29, 1.82) is 0 Å². The zero-order chi connectivity index (χ0) is 15.7. The van der Waals surface area contributed by atoms with E-state index in [9.17, 15) is 4.79 Å². The molecule has 1 aromatic heterocycles. The van der Waals surface area contributed by atoms with E-state index in [1.165, 1.54) is 5.56 Å². The standard InChI is InChI=1S/C19H22N2O/c1-13(14-7-5-4-6-8-14)20-18-10-9-15-16(21-18)11-19(2,3)12-17(15)22/h4-10,13H,11-12H2,1-3H3,(H,20,21). The second-order valence-electron chi connectivity index (χ2n) is 6.91. The number of carbonyl (C=O) groups excluding carboxylic acids is 1. The first-order valence-electron chi connectivity index (χ1n) is 7.79. The number of hydrogen-bond donors (Lipinski definition) is 1. The molecule has 1 unspecified atom stereocenters. The number of carbonyl (C=O) groups is 1. The fourth-order valence-electron chi connectivity index (χ4n) is 3.06. The van der Waals surface area contributed by atoms with E-state index in [0.29, 0.717) is 6.42 Å². The molecule has 0 saturated carbocycles. The Morgan fingerprint density at radius 2 is 1.82 bits per heavy atom. The Bertz CT molecular complexity index is 692. The number of fused-ring (bicyclic) bond motifs is 1. The van der Waals surface area contributed by atoms with E-state index in [1.807, 2.05) is 30.3 Å². The van der Waals surface area contributed by atoms with Crippen LogP contribution in [0.2, 0.25) is 0 Å². The Balaban J connectivity index is 1.83. The Labute approximate surface area is 131 Å². The van der Waals surface area contributed by atoms with Crippen LogP contribution in [0.5, 0.6) is 0 Å². The van der Waals surface area contributed by atoms with E-state index in [1.54, 1.807) is 0 Å². The van der Waals surface area contributed by atoms with Gasteiger partial charge in [-0.2, -0.15) is 0 Å². The van der Waals surface area contributed by atoms with Crippen LogP contribution in [0, 0.1) is 5.41 Å². The summed E-state index contributed by atoms with van der Waals surface area (Å²) in [5.41, 5.74) is 2.93. The summed E-state index contributed by atoms with van der Waals surface area (Å²) in [6, 6.07) is 14.3. The molecular formula is C19H22N2O. The predicted molar refractivity (Wildman–Crippen MR) is 89.1 cm³/mol. The van der Waals surface area contributed by atoms with Crippen molar-refractivity contribution in [3.63, 3.8) is 0 Å². The maximum absolute atomic E-state index is 12.2. The lowest BCUT2D eigenvalue weighted by molar-refractivity contribution is 0.0910. The molecule has 0 bridgehead atoms. The number of pyridine rings is 1. The van der Waals surface area contributed by atoms with Gasteiger partial charge in [-0.3, -0.25) is 4.79 Å². The highest BCUT2D eigenvalue weighted by Gasteiger charge is 2.31. The molecule has 0 saturated heterocycles. The second kappa shape index (κ2) is 5.56. The van der Waals surface area contributed by atoms with Crippen LogP contribution in [-0.4, -0.2) is 10.8 Å². The highest BCUT2D eigenvalue weighted by atomic mass is 16.1. The molecule has 1 heterocycles. The van der Waals surface area contributed by atoms with Gasteiger partial charge in [0.2, 0.25) is 0 Å². The SMILES string of the molecule is CC(Nc1ccc2c(n1)CC(C)(C)CC2=O)c1ccccc1. The van der Waals surface area contributed by atoms with Gasteiger partial charge in [0.1, 0.15) is 5.82 Å². The van der Waals surface area contributed by atoms with Gasteiger partial charge in [-0.25, -0.2) is 4.98 Å². The molecule has 1 N–H and O–H groups in total. The van der Waals surface area contributed by atoms with Gasteiger partial charge in [-0.1, -0.05) is 44.2 Å². The summed E-state index contributed by atoms with van der Waals surface area (Å²) in [7, 11) is 0. The van der Waals surface area contributed by atoms with E-state index in [0.717, 1.165) is 23.5 Å². The third-order valence-corrected chi connectivity index (χ3v) is 4.22. The molecule has 0 spiro atoms. The number of benzene rings is 1. The van der Waals surface area contributed by atoms with Crippen molar-refractivity contribution in [2.75, 3.05) is 5.32 Å². The first-order chi connectivity index (χ1) is 10.4. The first-order valence-corrected chi connectivity index (χ1v) is 7.79. The molecule has 3 nitrogen and oxygen atoms in total. The van der Waals surface area contributed by atoms with Crippen LogP contribution in [0.15, 0.2) is 42.5 Å². The lowest BCUT2D eigenvalue weighted by atomic mass is 9.76. The maximum Gasteiger partial charge on any atom is 0.165 e. The van der Waals surface area contributed by atoms with Crippen LogP contribution in [-0.2, 0) is 6.42 Å². The average Bonchev–Trinajstić information content (AvgIpc) is 2.46. The predicted octanol–water partition coefficient (Wildman–Crippen LogP) is 4.41. The number of ketones is 1. The van der Waals surface area contributed by atoms with Crippen molar-refractivity contribution in [3.8, 4) is 0 Å². The van der Waals surface area contributed by atoms with Crippen LogP contribution in [0.25, 0.3) is 0 Å². The second-order valence-corrected chi connectivity index (χ2v) is 6.91.